The Morgan fingerprint density at radius 3 is 2.64 bits per heavy atom. The van der Waals surface area contributed by atoms with Crippen molar-refractivity contribution in [3.63, 3.8) is 0 Å². The molecule has 4 heteroatoms. The van der Waals surface area contributed by atoms with Crippen molar-refractivity contribution in [3.8, 4) is 6.07 Å². The molecule has 0 unspecified atom stereocenters. The van der Waals surface area contributed by atoms with Gasteiger partial charge in [-0.1, -0.05) is 6.07 Å². The molecule has 0 saturated heterocycles. The molecule has 0 aliphatic heterocycles. The fourth-order valence-corrected chi connectivity index (χ4v) is 0.728. The summed E-state index contributed by atoms with van der Waals surface area (Å²) in [5.41, 5.74) is 1.36. The van der Waals surface area contributed by atoms with Crippen molar-refractivity contribution in [2.75, 3.05) is 0 Å². The molecule has 0 atom stereocenters. The Hall–Kier alpha value is -0.780. The van der Waals surface area contributed by atoms with Gasteiger partial charge in [0, 0.05) is 12.1 Å². The predicted octanol–water partition coefficient (Wildman–Crippen LogP) is 2.11. The maximum atomic E-state index is 8.36. The first kappa shape index (κ1) is 10.2. The third kappa shape index (κ3) is 2.75. The maximum absolute atomic E-state index is 8.36. The summed E-state index contributed by atoms with van der Waals surface area (Å²) in [7, 11) is 0. The van der Waals surface area contributed by atoms with Crippen molar-refractivity contribution in [2.24, 2.45) is 0 Å². The Bertz CT molecular complexity index is 250. The number of hydrogen-bond donors (Lipinski definition) is 0. The molecule has 1 heterocycles. The summed E-state index contributed by atoms with van der Waals surface area (Å²) in [5, 5.41) is 8.36. The van der Waals surface area contributed by atoms with Gasteiger partial charge in [0.25, 0.3) is 0 Å². The fourth-order valence-electron chi connectivity index (χ4n) is 0.570. The molecule has 0 radical (unpaired) electrons. The van der Waals surface area contributed by atoms with Crippen LogP contribution >= 0.6 is 24.0 Å². The topological polar surface area (TPSA) is 36.7 Å². The number of alkyl halides is 1. The first-order valence-electron chi connectivity index (χ1n) is 2.78. The highest BCUT2D eigenvalue weighted by atomic mass is 35.5. The molecule has 0 N–H and O–H groups in total. The molecule has 0 amide bonds. The summed E-state index contributed by atoms with van der Waals surface area (Å²) < 4.78 is 0. The second-order valence-corrected chi connectivity index (χ2v) is 2.06. The predicted molar refractivity (Wildman–Crippen MR) is 45.8 cm³/mol. The van der Waals surface area contributed by atoms with Gasteiger partial charge in [-0.05, 0) is 11.6 Å². The zero-order valence-electron chi connectivity index (χ0n) is 5.62. The van der Waals surface area contributed by atoms with Crippen LogP contribution in [0.1, 0.15) is 11.3 Å². The van der Waals surface area contributed by atoms with E-state index in [9.17, 15) is 0 Å². The lowest BCUT2D eigenvalue weighted by molar-refractivity contribution is 1.21. The third-order valence-electron chi connectivity index (χ3n) is 1.09. The first-order chi connectivity index (χ1) is 4.86. The Labute approximate surface area is 76.2 Å². The van der Waals surface area contributed by atoms with Crippen molar-refractivity contribution in [1.29, 1.82) is 5.26 Å². The van der Waals surface area contributed by atoms with Crippen LogP contribution in [0, 0.1) is 11.3 Å². The summed E-state index contributed by atoms with van der Waals surface area (Å²) in [6, 6.07) is 5.36. The average Bonchev–Trinajstić information content (AvgIpc) is 2.05. The van der Waals surface area contributed by atoms with Gasteiger partial charge in [-0.25, -0.2) is 4.98 Å². The van der Waals surface area contributed by atoms with E-state index in [0.29, 0.717) is 11.6 Å². The summed E-state index contributed by atoms with van der Waals surface area (Å²) in [6.45, 7) is 0. The Morgan fingerprint density at radius 1 is 1.55 bits per heavy atom. The van der Waals surface area contributed by atoms with Crippen molar-refractivity contribution >= 4 is 24.0 Å². The highest BCUT2D eigenvalue weighted by Gasteiger charge is 1.90. The molecule has 0 aliphatic carbocycles. The molecule has 0 spiro atoms. The van der Waals surface area contributed by atoms with E-state index in [0.717, 1.165) is 5.56 Å². The summed E-state index contributed by atoms with van der Waals surface area (Å²) in [5.74, 6) is 0.443. The van der Waals surface area contributed by atoms with Crippen molar-refractivity contribution < 1.29 is 0 Å². The van der Waals surface area contributed by atoms with Crippen LogP contribution in [0.2, 0.25) is 0 Å². The van der Waals surface area contributed by atoms with Crippen LogP contribution in [0.3, 0.4) is 0 Å². The normalized spacial score (nSPS) is 8.00. The number of pyridine rings is 1. The molecule has 1 aromatic rings. The van der Waals surface area contributed by atoms with E-state index in [-0.39, 0.29) is 12.4 Å². The highest BCUT2D eigenvalue weighted by molar-refractivity contribution is 6.17. The second kappa shape index (κ2) is 4.95. The van der Waals surface area contributed by atoms with Gasteiger partial charge in [0.05, 0.1) is 0 Å². The number of nitrogens with zero attached hydrogens (tertiary/aromatic N) is 2. The van der Waals surface area contributed by atoms with E-state index in [2.05, 4.69) is 4.98 Å². The monoisotopic (exact) mass is 188 g/mol. The molecule has 1 aromatic heterocycles. The maximum Gasteiger partial charge on any atom is 0.140 e. The minimum absolute atomic E-state index is 0. The number of nitriles is 1. The standard InChI is InChI=1S/C7H5ClN2.ClH/c8-3-6-1-2-7(4-9)10-5-6;/h1-2,5H,3H2;1H. The molecule has 58 valence electrons. The van der Waals surface area contributed by atoms with Crippen molar-refractivity contribution in [2.45, 2.75) is 5.88 Å². The number of rotatable bonds is 1. The van der Waals surface area contributed by atoms with Crippen LogP contribution in [0.5, 0.6) is 0 Å². The SMILES string of the molecule is Cl.N#Cc1ccc(CCl)cn1. The van der Waals surface area contributed by atoms with Gasteiger partial charge in [-0.2, -0.15) is 5.26 Å². The molecule has 0 fully saturated rings. The number of hydrogen-bond acceptors (Lipinski definition) is 2. The molecule has 11 heavy (non-hydrogen) atoms. The molecule has 0 aromatic carbocycles. The lowest BCUT2D eigenvalue weighted by Gasteiger charge is -1.91. The van der Waals surface area contributed by atoms with E-state index >= 15 is 0 Å². The fraction of sp³-hybridized carbons (Fsp3) is 0.143. The van der Waals surface area contributed by atoms with Crippen LogP contribution in [-0.2, 0) is 5.88 Å². The summed E-state index contributed by atoms with van der Waals surface area (Å²) in [4.78, 5) is 3.82. The molecule has 1 rings (SSSR count). The van der Waals surface area contributed by atoms with E-state index in [1.807, 2.05) is 6.07 Å². The zero-order valence-corrected chi connectivity index (χ0v) is 7.19. The van der Waals surface area contributed by atoms with E-state index in [1.165, 1.54) is 0 Å². The van der Waals surface area contributed by atoms with Gasteiger partial charge in [0.1, 0.15) is 11.8 Å². The van der Waals surface area contributed by atoms with Crippen LogP contribution in [-0.4, -0.2) is 4.98 Å². The minimum atomic E-state index is 0. The smallest absolute Gasteiger partial charge is 0.140 e. The van der Waals surface area contributed by atoms with E-state index < -0.39 is 0 Å². The number of aromatic nitrogens is 1. The summed E-state index contributed by atoms with van der Waals surface area (Å²) >= 11 is 5.50. The Kier molecular flexibility index (Phi) is 4.60. The Morgan fingerprint density at radius 2 is 2.27 bits per heavy atom. The second-order valence-electron chi connectivity index (χ2n) is 1.80. The van der Waals surface area contributed by atoms with Crippen LogP contribution in [0.25, 0.3) is 0 Å². The van der Waals surface area contributed by atoms with Crippen molar-refractivity contribution in [3.05, 3.63) is 29.6 Å². The van der Waals surface area contributed by atoms with Crippen molar-refractivity contribution in [1.82, 2.24) is 4.98 Å². The average molecular weight is 189 g/mol. The molecule has 0 aliphatic rings. The highest BCUT2D eigenvalue weighted by Crippen LogP contribution is 2.01. The van der Waals surface area contributed by atoms with Crippen LogP contribution in [0.4, 0.5) is 0 Å². The minimum Gasteiger partial charge on any atom is -0.245 e. The van der Waals surface area contributed by atoms with Gasteiger partial charge >= 0.3 is 0 Å². The van der Waals surface area contributed by atoms with Crippen LogP contribution in [0.15, 0.2) is 18.3 Å². The van der Waals surface area contributed by atoms with Gasteiger partial charge in [0.2, 0.25) is 0 Å². The van der Waals surface area contributed by atoms with E-state index in [1.54, 1.807) is 18.3 Å². The summed E-state index contributed by atoms with van der Waals surface area (Å²) in [6.07, 6.45) is 1.60. The van der Waals surface area contributed by atoms with Gasteiger partial charge < -0.3 is 0 Å². The molecule has 0 saturated carbocycles. The van der Waals surface area contributed by atoms with E-state index in [4.69, 9.17) is 16.9 Å². The largest absolute Gasteiger partial charge is 0.245 e. The quantitative estimate of drug-likeness (QED) is 0.634. The molecular weight excluding hydrogens is 183 g/mol. The first-order valence-corrected chi connectivity index (χ1v) is 3.31. The number of halogens is 2. The molecule has 2 nitrogen and oxygen atoms in total. The van der Waals surface area contributed by atoms with Gasteiger partial charge in [-0.15, -0.1) is 24.0 Å². The molecular formula is C7H6Cl2N2. The zero-order chi connectivity index (χ0) is 7.40. The van der Waals surface area contributed by atoms with Gasteiger partial charge in [-0.3, -0.25) is 0 Å². The lowest BCUT2D eigenvalue weighted by Crippen LogP contribution is -1.83. The molecule has 0 bridgehead atoms. The third-order valence-corrected chi connectivity index (χ3v) is 1.40. The Balaban J connectivity index is 0.000001000. The van der Waals surface area contributed by atoms with Crippen LogP contribution < -0.4 is 0 Å². The van der Waals surface area contributed by atoms with Gasteiger partial charge in [0.15, 0.2) is 0 Å². The lowest BCUT2D eigenvalue weighted by atomic mass is 10.3.